The van der Waals surface area contributed by atoms with Gasteiger partial charge < -0.3 is 11.5 Å². The molecule has 6 heteroatoms. The molecule has 0 amide bonds. The molecule has 0 spiro atoms. The van der Waals surface area contributed by atoms with Crippen molar-refractivity contribution in [1.82, 2.24) is 0 Å². The summed E-state index contributed by atoms with van der Waals surface area (Å²) in [6, 6.07) is 20.7. The molecule has 2 aromatic heterocycles. The van der Waals surface area contributed by atoms with E-state index >= 15 is 0 Å². The van der Waals surface area contributed by atoms with Gasteiger partial charge in [-0.2, -0.15) is 9.13 Å². The maximum atomic E-state index is 6.16. The van der Waals surface area contributed by atoms with E-state index in [1.165, 1.54) is 11.0 Å². The molecular formula is C22H22I2N4+2. The highest BCUT2D eigenvalue weighted by Crippen LogP contribution is 2.27. The molecule has 4 N–H and O–H groups in total. The third-order valence-corrected chi connectivity index (χ3v) is 7.51. The molecule has 4 rings (SSSR count). The summed E-state index contributed by atoms with van der Waals surface area (Å²) in [5.41, 5.74) is 16.3. The van der Waals surface area contributed by atoms with Crippen molar-refractivity contribution >= 4 is 78.4 Å². The molecule has 0 bridgehead atoms. The molecule has 4 nitrogen and oxygen atoms in total. The number of hydrogen-bond donors (Lipinski definition) is 2. The van der Waals surface area contributed by atoms with Crippen LogP contribution in [-0.4, -0.2) is 0 Å². The number of halogens is 2. The van der Waals surface area contributed by atoms with Crippen molar-refractivity contribution in [3.05, 3.63) is 73.1 Å². The number of fused-ring (bicyclic) bond motifs is 2. The molecule has 0 aliphatic carbocycles. The molecule has 2 unspecified atom stereocenters. The van der Waals surface area contributed by atoms with Gasteiger partial charge >= 0.3 is 0 Å². The van der Waals surface area contributed by atoms with Gasteiger partial charge in [-0.05, 0) is 57.3 Å². The summed E-state index contributed by atoms with van der Waals surface area (Å²) >= 11 is 5.07. The molecule has 0 aliphatic rings. The third-order valence-electron chi connectivity index (χ3n) is 5.06. The van der Waals surface area contributed by atoms with Crippen LogP contribution in [0.25, 0.3) is 21.8 Å². The van der Waals surface area contributed by atoms with Crippen molar-refractivity contribution in [1.29, 1.82) is 0 Å². The van der Waals surface area contributed by atoms with Gasteiger partial charge in [0.25, 0.3) is 0 Å². The number of aromatic nitrogens is 2. The molecule has 142 valence electrons. The van der Waals surface area contributed by atoms with Crippen molar-refractivity contribution in [2.45, 2.75) is 20.9 Å². The Morgan fingerprint density at radius 3 is 1.46 bits per heavy atom. The molecule has 4 aromatic rings. The van der Waals surface area contributed by atoms with Gasteiger partial charge in [0.2, 0.25) is 19.1 Å². The number of hydrogen-bond acceptors (Lipinski definition) is 2. The van der Waals surface area contributed by atoms with Crippen LogP contribution in [0.1, 0.15) is 20.9 Å². The topological polar surface area (TPSA) is 59.8 Å². The maximum absolute atomic E-state index is 6.16. The zero-order chi connectivity index (χ0) is 19.7. The second kappa shape index (κ2) is 8.36. The lowest BCUT2D eigenvalue weighted by Crippen LogP contribution is -2.39. The van der Waals surface area contributed by atoms with Gasteiger partial charge in [-0.1, -0.05) is 24.3 Å². The van der Waals surface area contributed by atoms with Crippen molar-refractivity contribution in [3.8, 4) is 0 Å². The number of anilines is 2. The predicted octanol–water partition coefficient (Wildman–Crippen LogP) is 5.08. The number of nitrogen functional groups attached to an aromatic ring is 2. The van der Waals surface area contributed by atoms with Crippen molar-refractivity contribution in [2.75, 3.05) is 11.5 Å². The van der Waals surface area contributed by atoms with Crippen molar-refractivity contribution < 1.29 is 9.13 Å². The number of nitrogens with zero attached hydrogens (tertiary/aromatic N) is 2. The van der Waals surface area contributed by atoms with Crippen molar-refractivity contribution in [2.24, 2.45) is 0 Å². The fraction of sp³-hybridized carbons (Fsp3) is 0.182. The predicted molar refractivity (Wildman–Crippen MR) is 132 cm³/mol. The Morgan fingerprint density at radius 2 is 1.04 bits per heavy atom. The van der Waals surface area contributed by atoms with Gasteiger partial charge in [0.15, 0.2) is 12.4 Å². The van der Waals surface area contributed by atoms with Gasteiger partial charge in [0.05, 0.1) is 22.1 Å². The van der Waals surface area contributed by atoms with Crippen LogP contribution in [0.2, 0.25) is 0 Å². The normalized spacial score (nSPS) is 13.6. The van der Waals surface area contributed by atoms with Gasteiger partial charge in [-0.25, -0.2) is 0 Å². The molecule has 0 saturated heterocycles. The first-order chi connectivity index (χ1) is 13.6. The standard InChI is InChI=1S/C22H20I2N4/c23-21(27-13-11-17(25)15-5-1-3-7-19(15)27)9-10-22(24)28-14-12-18(26)16-6-2-4-8-20(16)28/h1-8,11-14,21-22,25-26H,9-10H2/p+2. The first kappa shape index (κ1) is 19.6. The molecule has 0 saturated carbocycles. The number of pyridine rings is 2. The second-order valence-corrected chi connectivity index (χ2v) is 9.71. The molecule has 2 atom stereocenters. The zero-order valence-corrected chi connectivity index (χ0v) is 19.6. The summed E-state index contributed by atoms with van der Waals surface area (Å²) in [7, 11) is 0. The summed E-state index contributed by atoms with van der Waals surface area (Å²) in [6.07, 6.45) is 6.31. The monoisotopic (exact) mass is 596 g/mol. The van der Waals surface area contributed by atoms with Crippen LogP contribution in [0.3, 0.4) is 0 Å². The minimum absolute atomic E-state index is 0.348. The van der Waals surface area contributed by atoms with Gasteiger partial charge in [0.1, 0.15) is 0 Å². The van der Waals surface area contributed by atoms with E-state index < -0.39 is 0 Å². The zero-order valence-electron chi connectivity index (χ0n) is 15.3. The minimum Gasteiger partial charge on any atom is -0.398 e. The maximum Gasteiger partial charge on any atom is 0.215 e. The van der Waals surface area contributed by atoms with Crippen LogP contribution in [0.5, 0.6) is 0 Å². The van der Waals surface area contributed by atoms with Gasteiger partial charge in [0, 0.05) is 37.1 Å². The summed E-state index contributed by atoms with van der Waals surface area (Å²) < 4.78 is 5.34. The third kappa shape index (κ3) is 3.76. The minimum atomic E-state index is 0.348. The Morgan fingerprint density at radius 1 is 0.643 bits per heavy atom. The Kier molecular flexibility index (Phi) is 5.86. The Balaban J connectivity index is 1.57. The average molecular weight is 596 g/mol. The lowest BCUT2D eigenvalue weighted by atomic mass is 10.1. The SMILES string of the molecule is Nc1cc[n+](C(I)CCC(I)[n+]2ccc(N)c3ccccc32)c2ccccc12. The average Bonchev–Trinajstić information content (AvgIpc) is 2.73. The van der Waals surface area contributed by atoms with E-state index in [1.807, 2.05) is 24.3 Å². The molecule has 2 heterocycles. The highest BCUT2D eigenvalue weighted by Gasteiger charge is 2.24. The highest BCUT2D eigenvalue weighted by atomic mass is 127. The Hall–Kier alpha value is -1.68. The van der Waals surface area contributed by atoms with Crippen LogP contribution in [0, 0.1) is 0 Å². The van der Waals surface area contributed by atoms with Crippen LogP contribution in [0.4, 0.5) is 11.4 Å². The van der Waals surface area contributed by atoms with E-state index in [4.69, 9.17) is 11.5 Å². The fourth-order valence-electron chi connectivity index (χ4n) is 3.59. The summed E-state index contributed by atoms with van der Waals surface area (Å²) in [5.74, 6) is 0. The van der Waals surface area contributed by atoms with Gasteiger partial charge in [-0.3, -0.25) is 0 Å². The first-order valence-electron chi connectivity index (χ1n) is 9.21. The number of para-hydroxylation sites is 2. The van der Waals surface area contributed by atoms with E-state index in [1.54, 1.807) is 0 Å². The van der Waals surface area contributed by atoms with E-state index in [0.29, 0.717) is 8.10 Å². The molecular weight excluding hydrogens is 574 g/mol. The largest absolute Gasteiger partial charge is 0.398 e. The Bertz CT molecular complexity index is 1050. The summed E-state index contributed by atoms with van der Waals surface area (Å²) in [4.78, 5) is 0. The van der Waals surface area contributed by atoms with Crippen LogP contribution in [-0.2, 0) is 0 Å². The number of benzene rings is 2. The number of rotatable bonds is 5. The quantitative estimate of drug-likeness (QED) is 0.192. The van der Waals surface area contributed by atoms with E-state index in [2.05, 4.69) is 103 Å². The lowest BCUT2D eigenvalue weighted by molar-refractivity contribution is -0.680. The fourth-order valence-corrected chi connectivity index (χ4v) is 5.28. The molecule has 2 aromatic carbocycles. The first-order valence-corrected chi connectivity index (χ1v) is 11.7. The molecule has 0 aliphatic heterocycles. The van der Waals surface area contributed by atoms with E-state index in [9.17, 15) is 0 Å². The van der Waals surface area contributed by atoms with Crippen LogP contribution in [0.15, 0.2) is 73.1 Å². The molecule has 0 fully saturated rings. The molecule has 28 heavy (non-hydrogen) atoms. The van der Waals surface area contributed by atoms with E-state index in [0.717, 1.165) is 35.0 Å². The smallest absolute Gasteiger partial charge is 0.215 e. The Labute approximate surface area is 191 Å². The van der Waals surface area contributed by atoms with Gasteiger partial charge in [-0.15, -0.1) is 0 Å². The number of alkyl halides is 2. The summed E-state index contributed by atoms with van der Waals surface area (Å²) in [6.45, 7) is 0. The van der Waals surface area contributed by atoms with Crippen LogP contribution >= 0.6 is 45.2 Å². The van der Waals surface area contributed by atoms with Crippen LogP contribution < -0.4 is 20.6 Å². The van der Waals surface area contributed by atoms with E-state index in [-0.39, 0.29) is 0 Å². The number of nitrogens with two attached hydrogens (primary N) is 2. The lowest BCUT2D eigenvalue weighted by Gasteiger charge is -2.12. The van der Waals surface area contributed by atoms with Crippen molar-refractivity contribution in [3.63, 3.8) is 0 Å². The highest BCUT2D eigenvalue weighted by molar-refractivity contribution is 14.1. The molecule has 0 radical (unpaired) electrons. The summed E-state index contributed by atoms with van der Waals surface area (Å²) in [5, 5.41) is 2.22. The second-order valence-electron chi connectivity index (χ2n) is 6.84.